The van der Waals surface area contributed by atoms with Crippen LogP contribution in [0.2, 0.25) is 0 Å². The van der Waals surface area contributed by atoms with Crippen molar-refractivity contribution in [1.82, 2.24) is 24.7 Å². The van der Waals surface area contributed by atoms with Crippen molar-refractivity contribution < 1.29 is 4.79 Å². The van der Waals surface area contributed by atoms with Crippen LogP contribution in [0.25, 0.3) is 16.2 Å². The minimum absolute atomic E-state index is 0.00920. The van der Waals surface area contributed by atoms with Crippen LogP contribution >= 0.6 is 11.3 Å². The molecule has 130 valence electrons. The predicted octanol–water partition coefficient (Wildman–Crippen LogP) is 3.10. The van der Waals surface area contributed by atoms with Crippen molar-refractivity contribution in [3.63, 3.8) is 0 Å². The number of rotatable bonds is 6. The predicted molar refractivity (Wildman–Crippen MR) is 101 cm³/mol. The van der Waals surface area contributed by atoms with Crippen LogP contribution in [-0.2, 0) is 17.8 Å². The second-order valence-electron chi connectivity index (χ2n) is 5.81. The van der Waals surface area contributed by atoms with E-state index in [9.17, 15) is 4.79 Å². The van der Waals surface area contributed by atoms with E-state index < -0.39 is 0 Å². The fourth-order valence-corrected chi connectivity index (χ4v) is 3.50. The Labute approximate surface area is 154 Å². The molecular formula is C19H17N5OS. The van der Waals surface area contributed by atoms with Gasteiger partial charge in [-0.2, -0.15) is 0 Å². The van der Waals surface area contributed by atoms with Crippen LogP contribution in [0.3, 0.4) is 0 Å². The Balaban J connectivity index is 1.31. The summed E-state index contributed by atoms with van der Waals surface area (Å²) in [4.78, 5) is 25.4. The van der Waals surface area contributed by atoms with Crippen LogP contribution < -0.4 is 5.32 Å². The van der Waals surface area contributed by atoms with Gasteiger partial charge >= 0.3 is 0 Å². The lowest BCUT2D eigenvalue weighted by molar-refractivity contribution is -0.121. The number of thiazole rings is 1. The molecule has 0 aromatic carbocycles. The van der Waals surface area contributed by atoms with Crippen molar-refractivity contribution >= 4 is 22.8 Å². The molecule has 0 atom stereocenters. The van der Waals surface area contributed by atoms with E-state index in [2.05, 4.69) is 20.3 Å². The number of aromatic nitrogens is 4. The van der Waals surface area contributed by atoms with Crippen LogP contribution in [0.5, 0.6) is 0 Å². The summed E-state index contributed by atoms with van der Waals surface area (Å²) in [5.74, 6) is 0.810. The van der Waals surface area contributed by atoms with Crippen molar-refractivity contribution in [2.75, 3.05) is 0 Å². The highest BCUT2D eigenvalue weighted by molar-refractivity contribution is 7.13. The van der Waals surface area contributed by atoms with E-state index >= 15 is 0 Å². The van der Waals surface area contributed by atoms with E-state index in [-0.39, 0.29) is 5.91 Å². The Morgan fingerprint density at radius 3 is 2.96 bits per heavy atom. The highest BCUT2D eigenvalue weighted by Crippen LogP contribution is 2.21. The zero-order valence-corrected chi connectivity index (χ0v) is 14.8. The number of nitrogens with zero attached hydrogens (tertiary/aromatic N) is 4. The third-order valence-corrected chi connectivity index (χ3v) is 4.92. The van der Waals surface area contributed by atoms with Crippen LogP contribution in [0, 0.1) is 0 Å². The van der Waals surface area contributed by atoms with Gasteiger partial charge in [-0.3, -0.25) is 9.78 Å². The lowest BCUT2D eigenvalue weighted by atomic mass is 10.2. The molecule has 0 aliphatic rings. The lowest BCUT2D eigenvalue weighted by Crippen LogP contribution is -2.24. The van der Waals surface area contributed by atoms with Gasteiger partial charge in [0.2, 0.25) is 5.91 Å². The van der Waals surface area contributed by atoms with Gasteiger partial charge in [0.25, 0.3) is 0 Å². The molecular weight excluding hydrogens is 346 g/mol. The molecule has 0 fully saturated rings. The van der Waals surface area contributed by atoms with E-state index in [1.54, 1.807) is 23.7 Å². The second kappa shape index (κ2) is 7.45. The maximum atomic E-state index is 12.1. The first kappa shape index (κ1) is 16.4. The number of hydrogen-bond donors (Lipinski definition) is 1. The van der Waals surface area contributed by atoms with Crippen molar-refractivity contribution in [1.29, 1.82) is 0 Å². The Hall–Kier alpha value is -3.06. The average molecular weight is 363 g/mol. The average Bonchev–Trinajstić information content (AvgIpc) is 3.33. The molecule has 26 heavy (non-hydrogen) atoms. The monoisotopic (exact) mass is 363 g/mol. The number of amides is 1. The van der Waals surface area contributed by atoms with E-state index in [1.807, 2.05) is 52.4 Å². The smallest absolute Gasteiger partial charge is 0.220 e. The molecule has 6 nitrogen and oxygen atoms in total. The number of hydrogen-bond acceptors (Lipinski definition) is 5. The van der Waals surface area contributed by atoms with Gasteiger partial charge in [-0.25, -0.2) is 9.97 Å². The van der Waals surface area contributed by atoms with E-state index in [4.69, 9.17) is 0 Å². The maximum Gasteiger partial charge on any atom is 0.220 e. The first-order valence-corrected chi connectivity index (χ1v) is 9.21. The minimum atomic E-state index is -0.00920. The molecule has 0 saturated carbocycles. The van der Waals surface area contributed by atoms with E-state index in [0.717, 1.165) is 27.7 Å². The minimum Gasteiger partial charge on any atom is -0.349 e. The molecule has 7 heteroatoms. The summed E-state index contributed by atoms with van der Waals surface area (Å²) >= 11 is 1.55. The number of aryl methyl sites for hydroxylation is 1. The summed E-state index contributed by atoms with van der Waals surface area (Å²) in [5, 5.41) is 5.79. The zero-order chi connectivity index (χ0) is 17.8. The highest BCUT2D eigenvalue weighted by atomic mass is 32.1. The quantitative estimate of drug-likeness (QED) is 0.571. The summed E-state index contributed by atoms with van der Waals surface area (Å²) in [6.45, 7) is 0.410. The van der Waals surface area contributed by atoms with Gasteiger partial charge in [-0.15, -0.1) is 11.3 Å². The zero-order valence-electron chi connectivity index (χ0n) is 14.0. The van der Waals surface area contributed by atoms with Gasteiger partial charge < -0.3 is 9.72 Å². The first-order valence-electron chi connectivity index (χ1n) is 8.33. The number of fused-ring (bicyclic) bond motifs is 1. The van der Waals surface area contributed by atoms with Crippen molar-refractivity contribution in [2.45, 2.75) is 19.4 Å². The molecule has 4 rings (SSSR count). The van der Waals surface area contributed by atoms with Gasteiger partial charge in [0.05, 0.1) is 29.6 Å². The maximum absolute atomic E-state index is 12.1. The Morgan fingerprint density at radius 2 is 2.08 bits per heavy atom. The Kier molecular flexibility index (Phi) is 4.70. The topological polar surface area (TPSA) is 72.2 Å². The van der Waals surface area contributed by atoms with Crippen molar-refractivity contribution in [2.24, 2.45) is 0 Å². The molecule has 0 saturated heterocycles. The van der Waals surface area contributed by atoms with E-state index in [0.29, 0.717) is 19.4 Å². The number of nitrogens with one attached hydrogen (secondary N) is 1. The first-order chi connectivity index (χ1) is 12.8. The fourth-order valence-electron chi connectivity index (χ4n) is 2.67. The van der Waals surface area contributed by atoms with Gasteiger partial charge in [-0.05, 0) is 30.7 Å². The molecule has 1 N–H and O–H groups in total. The van der Waals surface area contributed by atoms with Gasteiger partial charge in [0.1, 0.15) is 10.8 Å². The number of carbonyl (C=O) groups excluding carboxylic acids is 1. The number of carbonyl (C=O) groups is 1. The summed E-state index contributed by atoms with van der Waals surface area (Å²) in [7, 11) is 0. The van der Waals surface area contributed by atoms with Crippen LogP contribution in [-0.4, -0.2) is 25.3 Å². The van der Waals surface area contributed by atoms with Crippen LogP contribution in [0.1, 0.15) is 17.9 Å². The fraction of sp³-hybridized carbons (Fsp3) is 0.158. The van der Waals surface area contributed by atoms with Gasteiger partial charge in [0.15, 0.2) is 0 Å². The lowest BCUT2D eigenvalue weighted by Gasteiger charge is -2.04. The summed E-state index contributed by atoms with van der Waals surface area (Å²) < 4.78 is 1.97. The molecule has 4 aromatic heterocycles. The Morgan fingerprint density at radius 1 is 1.15 bits per heavy atom. The molecule has 0 bridgehead atoms. The molecule has 0 aliphatic carbocycles. The highest BCUT2D eigenvalue weighted by Gasteiger charge is 2.09. The molecule has 0 unspecified atom stereocenters. The molecule has 0 radical (unpaired) electrons. The Bertz CT molecular complexity index is 1020. The number of imidazole rings is 1. The summed E-state index contributed by atoms with van der Waals surface area (Å²) in [6.07, 6.45) is 6.50. The standard InChI is InChI=1S/C19H17N5OS/c25-18(22-12-17-21-11-15-5-2-4-10-24(15)17)8-7-14-13-26-19(23-14)16-6-1-3-9-20-16/h1-6,9-11,13H,7-8,12H2,(H,22,25). The molecule has 4 heterocycles. The largest absolute Gasteiger partial charge is 0.349 e. The van der Waals surface area contributed by atoms with Crippen LogP contribution in [0.15, 0.2) is 60.4 Å². The molecule has 1 amide bonds. The third kappa shape index (κ3) is 3.62. The molecule has 4 aromatic rings. The third-order valence-electron chi connectivity index (χ3n) is 4.00. The van der Waals surface area contributed by atoms with Crippen LogP contribution in [0.4, 0.5) is 0 Å². The molecule has 0 spiro atoms. The summed E-state index contributed by atoms with van der Waals surface area (Å²) in [6, 6.07) is 11.7. The summed E-state index contributed by atoms with van der Waals surface area (Å²) in [5.41, 5.74) is 2.79. The van der Waals surface area contributed by atoms with Gasteiger partial charge in [-0.1, -0.05) is 12.1 Å². The van der Waals surface area contributed by atoms with Crippen molar-refractivity contribution in [3.8, 4) is 10.7 Å². The normalized spacial score (nSPS) is 10.9. The molecule has 0 aliphatic heterocycles. The van der Waals surface area contributed by atoms with Gasteiger partial charge in [0, 0.05) is 24.2 Å². The second-order valence-corrected chi connectivity index (χ2v) is 6.66. The van der Waals surface area contributed by atoms with Crippen molar-refractivity contribution in [3.05, 3.63) is 71.9 Å². The number of pyridine rings is 2. The SMILES string of the molecule is O=C(CCc1csc(-c2ccccn2)n1)NCc1ncc2ccccn12. The van der Waals surface area contributed by atoms with E-state index in [1.165, 1.54) is 0 Å².